The molecule has 1 aromatic carbocycles. The third kappa shape index (κ3) is 3.10. The number of hydrogen-bond donors (Lipinski definition) is 1. The first-order valence-electron chi connectivity index (χ1n) is 7.61. The molecule has 1 unspecified atom stereocenters. The molecule has 1 N–H and O–H groups in total. The van der Waals surface area contributed by atoms with E-state index in [-0.39, 0.29) is 5.91 Å². The van der Waals surface area contributed by atoms with Crippen molar-refractivity contribution in [1.29, 1.82) is 0 Å². The topological polar surface area (TPSA) is 39.3 Å². The van der Waals surface area contributed by atoms with Gasteiger partial charge in [-0.1, -0.05) is 18.2 Å². The largest absolute Gasteiger partial charge is 0.361 e. The minimum atomic E-state index is 0.203. The number of likely N-dealkylation sites (N-methyl/N-ethyl adjacent to an activating group) is 1. The van der Waals surface area contributed by atoms with E-state index >= 15 is 0 Å². The Kier molecular flexibility index (Phi) is 3.97. The Bertz CT molecular complexity index is 634. The predicted molar refractivity (Wildman–Crippen MR) is 85.2 cm³/mol. The summed E-state index contributed by atoms with van der Waals surface area (Å²) in [6.45, 7) is 3.12. The van der Waals surface area contributed by atoms with Crippen LogP contribution in [-0.4, -0.2) is 54.4 Å². The highest BCUT2D eigenvalue weighted by Crippen LogP contribution is 2.19. The molecule has 1 fully saturated rings. The lowest BCUT2D eigenvalue weighted by atomic mass is 10.1. The molecule has 4 heteroatoms. The van der Waals surface area contributed by atoms with Crippen molar-refractivity contribution in [2.75, 3.05) is 33.7 Å². The number of para-hydroxylation sites is 1. The predicted octanol–water partition coefficient (Wildman–Crippen LogP) is 2.12. The normalized spacial score (nSPS) is 19.2. The van der Waals surface area contributed by atoms with Crippen molar-refractivity contribution in [1.82, 2.24) is 14.8 Å². The number of benzene rings is 1. The van der Waals surface area contributed by atoms with Gasteiger partial charge in [-0.3, -0.25) is 4.79 Å². The van der Waals surface area contributed by atoms with Gasteiger partial charge in [-0.15, -0.1) is 0 Å². The monoisotopic (exact) mass is 285 g/mol. The zero-order valence-corrected chi connectivity index (χ0v) is 12.8. The van der Waals surface area contributed by atoms with Crippen molar-refractivity contribution in [3.8, 4) is 0 Å². The van der Waals surface area contributed by atoms with Crippen molar-refractivity contribution in [2.45, 2.75) is 12.8 Å². The van der Waals surface area contributed by atoms with Crippen molar-refractivity contribution in [3.63, 3.8) is 0 Å². The van der Waals surface area contributed by atoms with Crippen LogP contribution in [0.4, 0.5) is 0 Å². The lowest BCUT2D eigenvalue weighted by Gasteiger charge is -2.21. The minimum absolute atomic E-state index is 0.203. The number of amides is 1. The second-order valence-electron chi connectivity index (χ2n) is 6.23. The fourth-order valence-electron chi connectivity index (χ4n) is 3.24. The Hall–Kier alpha value is -1.81. The molecule has 1 amide bonds. The van der Waals surface area contributed by atoms with E-state index in [1.54, 1.807) is 0 Å². The second-order valence-corrected chi connectivity index (χ2v) is 6.23. The van der Waals surface area contributed by atoms with Crippen LogP contribution in [0.25, 0.3) is 10.9 Å². The fraction of sp³-hybridized carbons (Fsp3) is 0.471. The summed E-state index contributed by atoms with van der Waals surface area (Å²) in [5, 5.41) is 1.15. The van der Waals surface area contributed by atoms with Gasteiger partial charge in [0.1, 0.15) is 0 Å². The lowest BCUT2D eigenvalue weighted by molar-refractivity contribution is -0.129. The Balaban J connectivity index is 1.63. The lowest BCUT2D eigenvalue weighted by Crippen LogP contribution is -2.33. The Morgan fingerprint density at radius 2 is 2.24 bits per heavy atom. The number of hydrogen-bond acceptors (Lipinski definition) is 2. The van der Waals surface area contributed by atoms with Crippen molar-refractivity contribution >= 4 is 16.8 Å². The number of likely N-dealkylation sites (tertiary alicyclic amines) is 1. The fourth-order valence-corrected chi connectivity index (χ4v) is 3.24. The summed E-state index contributed by atoms with van der Waals surface area (Å²) in [4.78, 5) is 19.9. The van der Waals surface area contributed by atoms with Gasteiger partial charge in [-0.25, -0.2) is 0 Å². The molecule has 0 aliphatic carbocycles. The number of fused-ring (bicyclic) bond motifs is 1. The number of nitrogens with one attached hydrogen (secondary N) is 1. The van der Waals surface area contributed by atoms with Crippen LogP contribution < -0.4 is 0 Å². The van der Waals surface area contributed by atoms with Crippen molar-refractivity contribution < 1.29 is 4.79 Å². The zero-order chi connectivity index (χ0) is 14.8. The summed E-state index contributed by atoms with van der Waals surface area (Å²) in [5.41, 5.74) is 2.19. The van der Waals surface area contributed by atoms with Crippen LogP contribution in [0.1, 0.15) is 12.0 Å². The van der Waals surface area contributed by atoms with Crippen LogP contribution >= 0.6 is 0 Å². The molecule has 0 spiro atoms. The van der Waals surface area contributed by atoms with Gasteiger partial charge in [-0.2, -0.15) is 0 Å². The van der Waals surface area contributed by atoms with Crippen molar-refractivity contribution in [2.24, 2.45) is 5.92 Å². The smallest absolute Gasteiger partial charge is 0.226 e. The molecule has 0 saturated carbocycles. The van der Waals surface area contributed by atoms with Crippen molar-refractivity contribution in [3.05, 3.63) is 36.0 Å². The van der Waals surface area contributed by atoms with E-state index in [4.69, 9.17) is 0 Å². The highest BCUT2D eigenvalue weighted by atomic mass is 16.2. The number of H-pyrrole nitrogens is 1. The van der Waals surface area contributed by atoms with E-state index in [9.17, 15) is 4.79 Å². The van der Waals surface area contributed by atoms with E-state index in [2.05, 4.69) is 23.0 Å². The van der Waals surface area contributed by atoms with Crippen LogP contribution in [0, 0.1) is 5.92 Å². The van der Waals surface area contributed by atoms with Crippen LogP contribution in [0.15, 0.2) is 30.5 Å². The van der Waals surface area contributed by atoms with Gasteiger partial charge < -0.3 is 14.8 Å². The molecule has 112 valence electrons. The zero-order valence-electron chi connectivity index (χ0n) is 12.8. The molecule has 2 aromatic rings. The van der Waals surface area contributed by atoms with E-state index in [1.807, 2.05) is 36.3 Å². The molecule has 21 heavy (non-hydrogen) atoms. The summed E-state index contributed by atoms with van der Waals surface area (Å²) < 4.78 is 0. The highest BCUT2D eigenvalue weighted by Gasteiger charge is 2.22. The van der Waals surface area contributed by atoms with Gasteiger partial charge in [0, 0.05) is 37.2 Å². The van der Waals surface area contributed by atoms with Crippen LogP contribution in [0.5, 0.6) is 0 Å². The maximum Gasteiger partial charge on any atom is 0.226 e. The van der Waals surface area contributed by atoms with Gasteiger partial charge in [0.15, 0.2) is 0 Å². The van der Waals surface area contributed by atoms with Gasteiger partial charge in [0.05, 0.1) is 6.42 Å². The first-order chi connectivity index (χ1) is 10.1. The summed E-state index contributed by atoms with van der Waals surface area (Å²) in [7, 11) is 4.07. The average Bonchev–Trinajstić information content (AvgIpc) is 3.06. The number of aromatic amines is 1. The Labute approximate surface area is 125 Å². The molecule has 1 aromatic heterocycles. The van der Waals surface area contributed by atoms with Gasteiger partial charge in [0.2, 0.25) is 5.91 Å². The van der Waals surface area contributed by atoms with Gasteiger partial charge in [0.25, 0.3) is 0 Å². The summed E-state index contributed by atoms with van der Waals surface area (Å²) in [6.07, 6.45) is 3.63. The maximum absolute atomic E-state index is 12.4. The van der Waals surface area contributed by atoms with Crippen LogP contribution in [0.2, 0.25) is 0 Å². The van der Waals surface area contributed by atoms with E-state index < -0.39 is 0 Å². The Morgan fingerprint density at radius 3 is 3.00 bits per heavy atom. The number of carbonyl (C=O) groups excluding carboxylic acids is 1. The first-order valence-corrected chi connectivity index (χ1v) is 7.61. The molecular weight excluding hydrogens is 262 g/mol. The highest BCUT2D eigenvalue weighted by molar-refractivity contribution is 5.88. The van der Waals surface area contributed by atoms with Crippen LogP contribution in [0.3, 0.4) is 0 Å². The van der Waals surface area contributed by atoms with E-state index in [0.29, 0.717) is 12.3 Å². The third-order valence-electron chi connectivity index (χ3n) is 4.46. The minimum Gasteiger partial charge on any atom is -0.361 e. The number of aromatic nitrogens is 1. The molecule has 0 radical (unpaired) electrons. The van der Waals surface area contributed by atoms with E-state index in [0.717, 1.165) is 36.1 Å². The van der Waals surface area contributed by atoms with Gasteiger partial charge >= 0.3 is 0 Å². The summed E-state index contributed by atoms with van der Waals surface area (Å²) >= 11 is 0. The molecular formula is C17H23N3O. The summed E-state index contributed by atoms with van der Waals surface area (Å²) in [5.74, 6) is 0.821. The quantitative estimate of drug-likeness (QED) is 0.934. The molecule has 1 aliphatic heterocycles. The standard InChI is InChI=1S/C17H23N3O/c1-19-8-7-13(11-19)12-20(2)17(21)9-14-10-18-16-6-4-3-5-15(14)16/h3-6,10,13,18H,7-9,11-12H2,1-2H3. The number of nitrogens with zero attached hydrogens (tertiary/aromatic N) is 2. The SMILES string of the molecule is CN1CCC(CN(C)C(=O)Cc2c[nH]c3ccccc23)C1. The number of carbonyl (C=O) groups is 1. The maximum atomic E-state index is 12.4. The molecule has 1 aliphatic rings. The average molecular weight is 285 g/mol. The van der Waals surface area contributed by atoms with E-state index in [1.165, 1.54) is 6.42 Å². The number of rotatable bonds is 4. The first kappa shape index (κ1) is 14.1. The molecule has 0 bridgehead atoms. The second kappa shape index (κ2) is 5.90. The third-order valence-corrected chi connectivity index (χ3v) is 4.46. The molecule has 4 nitrogen and oxygen atoms in total. The molecule has 2 heterocycles. The molecule has 1 saturated heterocycles. The van der Waals surface area contributed by atoms with Gasteiger partial charge in [-0.05, 0) is 37.6 Å². The molecule has 1 atom stereocenters. The Morgan fingerprint density at radius 1 is 1.43 bits per heavy atom. The van der Waals surface area contributed by atoms with Crippen LogP contribution in [-0.2, 0) is 11.2 Å². The molecule has 3 rings (SSSR count). The summed E-state index contributed by atoms with van der Waals surface area (Å²) in [6, 6.07) is 8.14.